The first-order valence-electron chi connectivity index (χ1n) is 9.27. The highest BCUT2D eigenvalue weighted by Crippen LogP contribution is 2.25. The summed E-state index contributed by atoms with van der Waals surface area (Å²) in [5.74, 6) is 0.926. The fourth-order valence-electron chi connectivity index (χ4n) is 3.60. The fraction of sp³-hybridized carbons (Fsp3) is 0.684. The molecule has 2 aliphatic rings. The zero-order chi connectivity index (χ0) is 18.9. The maximum atomic E-state index is 12.1. The van der Waals surface area contributed by atoms with Gasteiger partial charge in [-0.1, -0.05) is 6.07 Å². The van der Waals surface area contributed by atoms with Gasteiger partial charge in [-0.05, 0) is 51.7 Å². The molecule has 1 aliphatic heterocycles. The molecule has 26 heavy (non-hydrogen) atoms. The van der Waals surface area contributed by atoms with Crippen LogP contribution in [0.1, 0.15) is 38.4 Å². The van der Waals surface area contributed by atoms with Crippen LogP contribution >= 0.6 is 0 Å². The molecule has 1 aliphatic carbocycles. The van der Waals surface area contributed by atoms with E-state index in [2.05, 4.69) is 16.3 Å². The zero-order valence-corrected chi connectivity index (χ0v) is 16.1. The third-order valence-corrected chi connectivity index (χ3v) is 4.88. The van der Waals surface area contributed by atoms with Crippen LogP contribution in [0.15, 0.2) is 12.1 Å². The lowest BCUT2D eigenvalue weighted by Crippen LogP contribution is -2.45. The van der Waals surface area contributed by atoms with Crippen molar-refractivity contribution in [3.05, 3.63) is 23.4 Å². The van der Waals surface area contributed by atoms with Gasteiger partial charge in [0.25, 0.3) is 0 Å². The summed E-state index contributed by atoms with van der Waals surface area (Å²) in [6.07, 6.45) is 2.28. The second-order valence-corrected chi connectivity index (χ2v) is 8.21. The van der Waals surface area contributed by atoms with E-state index in [0.29, 0.717) is 13.1 Å². The van der Waals surface area contributed by atoms with Crippen molar-refractivity contribution in [3.63, 3.8) is 0 Å². The topological polar surface area (TPSA) is 89.7 Å². The SMILES string of the molecule is CO[C@H]1CN(c2ccc3c(n2)CCC(N)C3)C[C@@H]1NC(=O)OC(C)(C)C. The Hall–Kier alpha value is -1.86. The van der Waals surface area contributed by atoms with E-state index >= 15 is 0 Å². The molecule has 7 nitrogen and oxygen atoms in total. The number of aromatic nitrogens is 1. The molecule has 0 aromatic carbocycles. The van der Waals surface area contributed by atoms with Gasteiger partial charge in [0.15, 0.2) is 0 Å². The molecular weight excluding hydrogens is 332 g/mol. The molecule has 2 heterocycles. The Balaban J connectivity index is 1.68. The molecule has 3 rings (SSSR count). The van der Waals surface area contributed by atoms with Crippen LogP contribution in [0.5, 0.6) is 0 Å². The van der Waals surface area contributed by atoms with Crippen LogP contribution in [-0.4, -0.2) is 55.1 Å². The fourth-order valence-corrected chi connectivity index (χ4v) is 3.60. The number of nitrogens with one attached hydrogen (secondary N) is 1. The minimum absolute atomic E-state index is 0.103. The van der Waals surface area contributed by atoms with Crippen LogP contribution < -0.4 is 16.0 Å². The Morgan fingerprint density at radius 2 is 2.12 bits per heavy atom. The van der Waals surface area contributed by atoms with E-state index in [4.69, 9.17) is 20.2 Å². The Morgan fingerprint density at radius 3 is 2.81 bits per heavy atom. The quantitative estimate of drug-likeness (QED) is 0.849. The predicted molar refractivity (Wildman–Crippen MR) is 100 cm³/mol. The number of carbonyl (C=O) groups excluding carboxylic acids is 1. The maximum Gasteiger partial charge on any atom is 0.408 e. The normalized spacial score (nSPS) is 25.7. The van der Waals surface area contributed by atoms with E-state index in [1.54, 1.807) is 7.11 Å². The van der Waals surface area contributed by atoms with Gasteiger partial charge in [0.1, 0.15) is 11.4 Å². The number of pyridine rings is 1. The first-order chi connectivity index (χ1) is 12.2. The number of amides is 1. The minimum Gasteiger partial charge on any atom is -0.444 e. The lowest BCUT2D eigenvalue weighted by atomic mass is 9.92. The summed E-state index contributed by atoms with van der Waals surface area (Å²) >= 11 is 0. The summed E-state index contributed by atoms with van der Waals surface area (Å²) in [4.78, 5) is 19.1. The summed E-state index contributed by atoms with van der Waals surface area (Å²) in [7, 11) is 1.67. The summed E-state index contributed by atoms with van der Waals surface area (Å²) in [5, 5.41) is 2.93. The molecule has 7 heteroatoms. The van der Waals surface area contributed by atoms with Crippen LogP contribution in [0, 0.1) is 0 Å². The molecule has 1 fully saturated rings. The van der Waals surface area contributed by atoms with Gasteiger partial charge >= 0.3 is 6.09 Å². The summed E-state index contributed by atoms with van der Waals surface area (Å²) < 4.78 is 10.9. The van der Waals surface area contributed by atoms with Crippen LogP contribution in [0.25, 0.3) is 0 Å². The molecule has 0 bridgehead atoms. The average Bonchev–Trinajstić information content (AvgIpc) is 2.95. The predicted octanol–water partition coefficient (Wildman–Crippen LogP) is 1.63. The number of anilines is 1. The molecule has 3 N–H and O–H groups in total. The number of nitrogens with two attached hydrogens (primary N) is 1. The van der Waals surface area contributed by atoms with Crippen LogP contribution in [0.2, 0.25) is 0 Å². The Morgan fingerprint density at radius 1 is 1.35 bits per heavy atom. The molecule has 0 radical (unpaired) electrons. The van der Waals surface area contributed by atoms with Crippen molar-refractivity contribution in [2.45, 2.75) is 63.8 Å². The van der Waals surface area contributed by atoms with Crippen molar-refractivity contribution in [1.29, 1.82) is 0 Å². The second-order valence-electron chi connectivity index (χ2n) is 8.21. The number of alkyl carbamates (subject to hydrolysis) is 1. The number of rotatable bonds is 3. The number of ether oxygens (including phenoxy) is 2. The first kappa shape index (κ1) is 18.9. The Bertz CT molecular complexity index is 659. The first-order valence-corrected chi connectivity index (χ1v) is 9.27. The van der Waals surface area contributed by atoms with Gasteiger partial charge in [-0.15, -0.1) is 0 Å². The van der Waals surface area contributed by atoms with E-state index in [1.807, 2.05) is 26.8 Å². The lowest BCUT2D eigenvalue weighted by molar-refractivity contribution is 0.0417. The zero-order valence-electron chi connectivity index (χ0n) is 16.1. The number of hydrogen-bond donors (Lipinski definition) is 2. The van der Waals surface area contributed by atoms with E-state index in [1.165, 1.54) is 5.56 Å². The molecule has 0 spiro atoms. The molecular formula is C19H30N4O3. The van der Waals surface area contributed by atoms with Gasteiger partial charge in [0, 0.05) is 31.9 Å². The maximum absolute atomic E-state index is 12.1. The second kappa shape index (κ2) is 7.40. The van der Waals surface area contributed by atoms with Gasteiger partial charge < -0.3 is 25.4 Å². The van der Waals surface area contributed by atoms with Gasteiger partial charge in [-0.2, -0.15) is 0 Å². The lowest BCUT2D eigenvalue weighted by Gasteiger charge is -2.24. The standard InChI is InChI=1S/C19H30N4O3/c1-19(2,3)26-18(24)22-15-10-23(11-16(15)25-4)17-8-5-12-9-13(20)6-7-14(12)21-17/h5,8,13,15-16H,6-7,9-11,20H2,1-4H3,(H,22,24)/t13?,15-,16-/m0/s1. The van der Waals surface area contributed by atoms with Crippen molar-refractivity contribution in [3.8, 4) is 0 Å². The number of fused-ring (bicyclic) bond motifs is 1. The Kier molecular flexibility index (Phi) is 5.39. The van der Waals surface area contributed by atoms with Gasteiger partial charge in [0.05, 0.1) is 12.1 Å². The van der Waals surface area contributed by atoms with E-state index in [-0.39, 0.29) is 18.2 Å². The van der Waals surface area contributed by atoms with Crippen molar-refractivity contribution in [2.75, 3.05) is 25.1 Å². The number of nitrogens with zero attached hydrogens (tertiary/aromatic N) is 2. The summed E-state index contributed by atoms with van der Waals surface area (Å²) in [5.41, 5.74) is 7.91. The largest absolute Gasteiger partial charge is 0.444 e. The number of hydrogen-bond acceptors (Lipinski definition) is 6. The molecule has 0 saturated carbocycles. The molecule has 144 valence electrons. The van der Waals surface area contributed by atoms with E-state index in [0.717, 1.165) is 30.8 Å². The highest BCUT2D eigenvalue weighted by Gasteiger charge is 2.36. The molecule has 1 aromatic heterocycles. The van der Waals surface area contributed by atoms with E-state index in [9.17, 15) is 4.79 Å². The van der Waals surface area contributed by atoms with Crippen molar-refractivity contribution in [1.82, 2.24) is 10.3 Å². The molecule has 1 unspecified atom stereocenters. The summed E-state index contributed by atoms with van der Waals surface area (Å²) in [6.45, 7) is 6.88. The van der Waals surface area contributed by atoms with Crippen LogP contribution in [0.4, 0.5) is 10.6 Å². The highest BCUT2D eigenvalue weighted by atomic mass is 16.6. The Labute approximate surface area is 155 Å². The van der Waals surface area contributed by atoms with Gasteiger partial charge in [0.2, 0.25) is 0 Å². The summed E-state index contributed by atoms with van der Waals surface area (Å²) in [6, 6.07) is 4.27. The monoisotopic (exact) mass is 362 g/mol. The molecule has 1 amide bonds. The number of methoxy groups -OCH3 is 1. The third kappa shape index (κ3) is 4.45. The highest BCUT2D eigenvalue weighted by molar-refractivity contribution is 5.68. The average molecular weight is 362 g/mol. The minimum atomic E-state index is -0.522. The molecule has 1 aromatic rings. The molecule has 1 saturated heterocycles. The molecule has 3 atom stereocenters. The van der Waals surface area contributed by atoms with E-state index < -0.39 is 11.7 Å². The van der Waals surface area contributed by atoms with Crippen LogP contribution in [0.3, 0.4) is 0 Å². The van der Waals surface area contributed by atoms with Crippen molar-refractivity contribution in [2.24, 2.45) is 5.73 Å². The van der Waals surface area contributed by atoms with Gasteiger partial charge in [-0.3, -0.25) is 0 Å². The third-order valence-electron chi connectivity index (χ3n) is 4.88. The number of aryl methyl sites for hydroxylation is 1. The van der Waals surface area contributed by atoms with Crippen LogP contribution in [-0.2, 0) is 22.3 Å². The van der Waals surface area contributed by atoms with Gasteiger partial charge in [-0.25, -0.2) is 9.78 Å². The van der Waals surface area contributed by atoms with Crippen molar-refractivity contribution >= 4 is 11.9 Å². The smallest absolute Gasteiger partial charge is 0.408 e. The number of carbonyl (C=O) groups is 1. The van der Waals surface area contributed by atoms with Crippen molar-refractivity contribution < 1.29 is 14.3 Å².